The molecule has 9 nitrogen and oxygen atoms in total. The third kappa shape index (κ3) is 8.71. The van der Waals surface area contributed by atoms with Crippen molar-refractivity contribution in [2.75, 3.05) is 0 Å². The average molecular weight is 512 g/mol. The maximum absolute atomic E-state index is 13.7. The van der Waals surface area contributed by atoms with Gasteiger partial charge in [0.2, 0.25) is 11.8 Å². The largest absolute Gasteiger partial charge is 0.508 e. The minimum Gasteiger partial charge on any atom is -0.508 e. The van der Waals surface area contributed by atoms with Crippen LogP contribution in [0, 0.1) is 11.8 Å². The Kier molecular flexibility index (Phi) is 10.8. The molecule has 2 aromatic rings. The lowest BCUT2D eigenvalue weighted by Gasteiger charge is -2.33. The molecule has 2 rings (SSSR count). The number of rotatable bonds is 12. The van der Waals surface area contributed by atoms with Crippen molar-refractivity contribution in [2.45, 2.75) is 65.1 Å². The number of phenolic OH excluding ortho intramolecular Hbond substituents is 2. The number of phenols is 2. The van der Waals surface area contributed by atoms with Crippen LogP contribution in [0.3, 0.4) is 0 Å². The molecule has 1 unspecified atom stereocenters. The zero-order valence-electron chi connectivity index (χ0n) is 21.8. The summed E-state index contributed by atoms with van der Waals surface area (Å²) in [6, 6.07) is 9.30. The molecule has 0 aliphatic heterocycles. The van der Waals surface area contributed by atoms with E-state index in [9.17, 15) is 29.4 Å². The molecule has 0 aliphatic carbocycles. The molecule has 37 heavy (non-hydrogen) atoms. The summed E-state index contributed by atoms with van der Waals surface area (Å²) in [5.74, 6) is -2.07. The number of benzene rings is 2. The van der Waals surface area contributed by atoms with Gasteiger partial charge < -0.3 is 26.1 Å². The highest BCUT2D eigenvalue weighted by molar-refractivity contribution is 6.02. The Hall–Kier alpha value is -3.72. The Morgan fingerprint density at radius 3 is 1.81 bits per heavy atom. The number of carbonyl (C=O) groups is 4. The molecule has 200 valence electrons. The Labute approximate surface area is 217 Å². The van der Waals surface area contributed by atoms with E-state index in [1.54, 1.807) is 38.1 Å². The SMILES string of the molecule is CC(C)CC(=O)N(C(=O)[C@@H](NC(=O)[C@@H](N)Cc1ccc(O)cc1)C(C)C)C(C=O)Cc1ccc(O)cc1. The summed E-state index contributed by atoms with van der Waals surface area (Å²) in [6.45, 7) is 7.13. The molecular weight excluding hydrogens is 474 g/mol. The summed E-state index contributed by atoms with van der Waals surface area (Å²) < 4.78 is 0. The maximum Gasteiger partial charge on any atom is 0.252 e. The van der Waals surface area contributed by atoms with E-state index in [1.165, 1.54) is 24.3 Å². The average Bonchev–Trinajstić information content (AvgIpc) is 2.83. The van der Waals surface area contributed by atoms with E-state index in [0.717, 1.165) is 10.5 Å². The first-order valence-electron chi connectivity index (χ1n) is 12.4. The minimum atomic E-state index is -1.09. The van der Waals surface area contributed by atoms with Crippen LogP contribution < -0.4 is 11.1 Å². The van der Waals surface area contributed by atoms with Crippen molar-refractivity contribution < 1.29 is 29.4 Å². The van der Waals surface area contributed by atoms with Gasteiger partial charge in [0.05, 0.1) is 12.1 Å². The molecule has 0 saturated heterocycles. The second-order valence-electron chi connectivity index (χ2n) is 9.98. The molecule has 0 bridgehead atoms. The van der Waals surface area contributed by atoms with E-state index in [2.05, 4.69) is 5.32 Å². The Bertz CT molecular complexity index is 1070. The van der Waals surface area contributed by atoms with Crippen molar-refractivity contribution in [2.24, 2.45) is 17.6 Å². The second-order valence-corrected chi connectivity index (χ2v) is 9.98. The number of aromatic hydroxyl groups is 2. The van der Waals surface area contributed by atoms with E-state index >= 15 is 0 Å². The number of nitrogens with one attached hydrogen (secondary N) is 1. The molecule has 0 spiro atoms. The van der Waals surface area contributed by atoms with Gasteiger partial charge in [-0.05, 0) is 53.6 Å². The van der Waals surface area contributed by atoms with Crippen LogP contribution in [0.15, 0.2) is 48.5 Å². The van der Waals surface area contributed by atoms with Crippen molar-refractivity contribution in [3.8, 4) is 11.5 Å². The quantitative estimate of drug-likeness (QED) is 0.319. The molecule has 0 radical (unpaired) electrons. The van der Waals surface area contributed by atoms with Gasteiger partial charge >= 0.3 is 0 Å². The molecule has 5 N–H and O–H groups in total. The fraction of sp³-hybridized carbons (Fsp3) is 0.429. The molecule has 0 heterocycles. The first-order chi connectivity index (χ1) is 17.4. The van der Waals surface area contributed by atoms with E-state index in [-0.39, 0.29) is 36.7 Å². The van der Waals surface area contributed by atoms with Gasteiger partial charge in [0.1, 0.15) is 23.8 Å². The highest BCUT2D eigenvalue weighted by atomic mass is 16.3. The molecule has 0 fully saturated rings. The van der Waals surface area contributed by atoms with Crippen molar-refractivity contribution >= 4 is 24.0 Å². The lowest BCUT2D eigenvalue weighted by Crippen LogP contribution is -2.59. The monoisotopic (exact) mass is 511 g/mol. The highest BCUT2D eigenvalue weighted by Crippen LogP contribution is 2.18. The molecule has 9 heteroatoms. The fourth-order valence-corrected chi connectivity index (χ4v) is 3.90. The van der Waals surface area contributed by atoms with Gasteiger partial charge in [-0.3, -0.25) is 19.3 Å². The minimum absolute atomic E-state index is 0.0464. The number of nitrogens with zero attached hydrogens (tertiary/aromatic N) is 1. The highest BCUT2D eigenvalue weighted by Gasteiger charge is 2.37. The Morgan fingerprint density at radius 2 is 1.38 bits per heavy atom. The summed E-state index contributed by atoms with van der Waals surface area (Å²) in [7, 11) is 0. The van der Waals surface area contributed by atoms with Crippen molar-refractivity contribution in [3.63, 3.8) is 0 Å². The molecule has 2 aromatic carbocycles. The van der Waals surface area contributed by atoms with Crippen molar-refractivity contribution in [3.05, 3.63) is 59.7 Å². The number of carbonyl (C=O) groups excluding carboxylic acids is 4. The van der Waals surface area contributed by atoms with Gasteiger partial charge in [0.25, 0.3) is 5.91 Å². The predicted octanol–water partition coefficient (Wildman–Crippen LogP) is 2.32. The topological polar surface area (TPSA) is 150 Å². The lowest BCUT2D eigenvalue weighted by atomic mass is 9.97. The Balaban J connectivity index is 2.28. The van der Waals surface area contributed by atoms with Crippen molar-refractivity contribution in [1.82, 2.24) is 10.2 Å². The van der Waals surface area contributed by atoms with Crippen LogP contribution in [-0.2, 0) is 32.0 Å². The molecule has 0 aliphatic rings. The summed E-state index contributed by atoms with van der Waals surface area (Å²) in [4.78, 5) is 53.0. The lowest BCUT2D eigenvalue weighted by molar-refractivity contribution is -0.153. The Morgan fingerprint density at radius 1 is 0.892 bits per heavy atom. The van der Waals surface area contributed by atoms with Gasteiger partial charge in [-0.15, -0.1) is 0 Å². The molecule has 0 saturated carbocycles. The van der Waals surface area contributed by atoms with Crippen LogP contribution in [0.4, 0.5) is 0 Å². The number of aldehydes is 1. The smallest absolute Gasteiger partial charge is 0.252 e. The summed E-state index contributed by atoms with van der Waals surface area (Å²) >= 11 is 0. The summed E-state index contributed by atoms with van der Waals surface area (Å²) in [6.07, 6.45) is 0.848. The van der Waals surface area contributed by atoms with Gasteiger partial charge in [-0.2, -0.15) is 0 Å². The molecule has 3 amide bonds. The van der Waals surface area contributed by atoms with Gasteiger partial charge in [-0.25, -0.2) is 0 Å². The maximum atomic E-state index is 13.7. The standard InChI is InChI=1S/C28H37N3O6/c1-17(2)13-25(35)31(21(16-32)14-19-5-9-22(33)10-6-19)28(37)26(18(3)4)30-27(36)24(29)15-20-7-11-23(34)12-8-20/h5-12,16-18,21,24,26,33-34H,13-15,29H2,1-4H3,(H,30,36)/t21?,24-,26-/m0/s1. The number of hydrogen-bond acceptors (Lipinski definition) is 7. The van der Waals surface area contributed by atoms with Gasteiger partial charge in [-0.1, -0.05) is 52.0 Å². The van der Waals surface area contributed by atoms with Gasteiger partial charge in [0, 0.05) is 12.8 Å². The van der Waals surface area contributed by atoms with E-state index in [0.29, 0.717) is 11.8 Å². The zero-order chi connectivity index (χ0) is 27.7. The first kappa shape index (κ1) is 29.5. The second kappa shape index (κ2) is 13.5. The summed E-state index contributed by atoms with van der Waals surface area (Å²) in [5.41, 5.74) is 7.49. The molecule has 0 aromatic heterocycles. The zero-order valence-corrected chi connectivity index (χ0v) is 21.8. The van der Waals surface area contributed by atoms with Crippen LogP contribution in [0.1, 0.15) is 45.2 Å². The van der Waals surface area contributed by atoms with E-state index in [1.807, 2.05) is 13.8 Å². The number of hydrogen-bond donors (Lipinski definition) is 4. The third-order valence-corrected chi connectivity index (χ3v) is 5.92. The van der Waals surface area contributed by atoms with E-state index in [4.69, 9.17) is 5.73 Å². The fourth-order valence-electron chi connectivity index (χ4n) is 3.90. The van der Waals surface area contributed by atoms with Crippen LogP contribution >= 0.6 is 0 Å². The van der Waals surface area contributed by atoms with Crippen LogP contribution in [0.25, 0.3) is 0 Å². The van der Waals surface area contributed by atoms with Crippen LogP contribution in [0.2, 0.25) is 0 Å². The van der Waals surface area contributed by atoms with Crippen molar-refractivity contribution in [1.29, 1.82) is 0 Å². The number of imide groups is 1. The molecular formula is C28H37N3O6. The van der Waals surface area contributed by atoms with Crippen LogP contribution in [0.5, 0.6) is 11.5 Å². The van der Waals surface area contributed by atoms with E-state index < -0.39 is 41.8 Å². The van der Waals surface area contributed by atoms with Crippen LogP contribution in [-0.4, -0.2) is 57.2 Å². The predicted molar refractivity (Wildman–Crippen MR) is 140 cm³/mol. The third-order valence-electron chi connectivity index (χ3n) is 5.92. The first-order valence-corrected chi connectivity index (χ1v) is 12.4. The molecule has 3 atom stereocenters. The summed E-state index contributed by atoms with van der Waals surface area (Å²) in [5, 5.41) is 21.7. The van der Waals surface area contributed by atoms with Gasteiger partial charge in [0.15, 0.2) is 0 Å². The normalized spacial score (nSPS) is 13.6. The number of nitrogens with two attached hydrogens (primary N) is 1. The number of amides is 3.